The minimum absolute atomic E-state index is 0.103. The molecule has 3 nitrogen and oxygen atoms in total. The van der Waals surface area contributed by atoms with Crippen LogP contribution in [0.1, 0.15) is 29.7 Å². The van der Waals surface area contributed by atoms with E-state index < -0.39 is 6.10 Å². The number of methoxy groups -OCH3 is 1. The molecule has 0 saturated heterocycles. The summed E-state index contributed by atoms with van der Waals surface area (Å²) >= 11 is 0. The molecule has 0 radical (unpaired) electrons. The first-order chi connectivity index (χ1) is 7.51. The van der Waals surface area contributed by atoms with Crippen molar-refractivity contribution in [2.45, 2.75) is 32.9 Å². The third-order valence-corrected chi connectivity index (χ3v) is 2.97. The maximum absolute atomic E-state index is 9.73. The molecule has 2 N–H and O–H groups in total. The third kappa shape index (κ3) is 2.54. The molecule has 0 aliphatic carbocycles. The molecule has 1 aromatic carbocycles. The second kappa shape index (κ2) is 5.32. The lowest BCUT2D eigenvalue weighted by atomic mass is 9.97. The zero-order valence-electron chi connectivity index (χ0n) is 10.7. The highest BCUT2D eigenvalue weighted by Crippen LogP contribution is 2.30. The summed E-state index contributed by atoms with van der Waals surface area (Å²) in [6.45, 7) is 5.89. The third-order valence-electron chi connectivity index (χ3n) is 2.97. The summed E-state index contributed by atoms with van der Waals surface area (Å²) in [6.07, 6.45) is -0.457. The van der Waals surface area contributed by atoms with E-state index in [9.17, 15) is 5.11 Å². The highest BCUT2D eigenvalue weighted by atomic mass is 16.5. The molecule has 0 aliphatic rings. The minimum atomic E-state index is -0.457. The molecule has 0 fully saturated rings. The first-order valence-corrected chi connectivity index (χ1v) is 5.51. The Morgan fingerprint density at radius 1 is 1.25 bits per heavy atom. The Hall–Kier alpha value is -1.06. The molecule has 0 heterocycles. The number of benzene rings is 1. The predicted octanol–water partition coefficient (Wildman–Crippen LogP) is 1.95. The maximum Gasteiger partial charge on any atom is 0.124 e. The fraction of sp³-hybridized carbons (Fsp3) is 0.538. The molecule has 0 aliphatic heterocycles. The molecule has 2 unspecified atom stereocenters. The van der Waals surface area contributed by atoms with Gasteiger partial charge in [-0.15, -0.1) is 0 Å². The van der Waals surface area contributed by atoms with E-state index in [0.717, 1.165) is 11.3 Å². The van der Waals surface area contributed by atoms with Gasteiger partial charge in [0.2, 0.25) is 0 Å². The van der Waals surface area contributed by atoms with E-state index in [1.54, 1.807) is 14.0 Å². The van der Waals surface area contributed by atoms with Gasteiger partial charge in [-0.3, -0.25) is 0 Å². The standard InChI is InChI=1S/C13H21NO2/c1-8-6-11(13(14-4)10(3)15)12(16-5)7-9(8)2/h6-7,10,13-15H,1-5H3. The number of hydrogen-bond donors (Lipinski definition) is 2. The molecule has 0 spiro atoms. The van der Waals surface area contributed by atoms with Gasteiger partial charge < -0.3 is 15.2 Å². The number of rotatable bonds is 4. The Labute approximate surface area is 97.4 Å². The smallest absolute Gasteiger partial charge is 0.124 e. The van der Waals surface area contributed by atoms with Crippen LogP contribution in [0.15, 0.2) is 12.1 Å². The van der Waals surface area contributed by atoms with E-state index in [2.05, 4.69) is 25.2 Å². The second-order valence-corrected chi connectivity index (χ2v) is 4.19. The normalized spacial score (nSPS) is 14.6. The van der Waals surface area contributed by atoms with Crippen LogP contribution < -0.4 is 10.1 Å². The van der Waals surface area contributed by atoms with Crippen LogP contribution in [0.2, 0.25) is 0 Å². The average molecular weight is 223 g/mol. The summed E-state index contributed by atoms with van der Waals surface area (Å²) in [4.78, 5) is 0. The minimum Gasteiger partial charge on any atom is -0.496 e. The van der Waals surface area contributed by atoms with Gasteiger partial charge in [-0.2, -0.15) is 0 Å². The molecule has 0 bridgehead atoms. The summed E-state index contributed by atoms with van der Waals surface area (Å²) in [5, 5.41) is 12.8. The van der Waals surface area contributed by atoms with Crippen LogP contribution in [0.25, 0.3) is 0 Å². The molecule has 0 saturated carbocycles. The molecule has 90 valence electrons. The lowest BCUT2D eigenvalue weighted by Crippen LogP contribution is -2.27. The topological polar surface area (TPSA) is 41.5 Å². The quantitative estimate of drug-likeness (QED) is 0.820. The zero-order chi connectivity index (χ0) is 12.3. The van der Waals surface area contributed by atoms with E-state index in [0.29, 0.717) is 0 Å². The van der Waals surface area contributed by atoms with Crippen LogP contribution in [0.3, 0.4) is 0 Å². The van der Waals surface area contributed by atoms with E-state index in [4.69, 9.17) is 4.74 Å². The highest BCUT2D eigenvalue weighted by Gasteiger charge is 2.19. The van der Waals surface area contributed by atoms with Crippen molar-refractivity contribution >= 4 is 0 Å². The zero-order valence-corrected chi connectivity index (χ0v) is 10.7. The Morgan fingerprint density at radius 2 is 1.81 bits per heavy atom. The number of aryl methyl sites for hydroxylation is 2. The molecule has 1 aromatic rings. The second-order valence-electron chi connectivity index (χ2n) is 4.19. The molecule has 1 rings (SSSR count). The first-order valence-electron chi connectivity index (χ1n) is 5.51. The van der Waals surface area contributed by atoms with Crippen LogP contribution in [-0.4, -0.2) is 25.4 Å². The van der Waals surface area contributed by atoms with Gasteiger partial charge in [-0.25, -0.2) is 0 Å². The average Bonchev–Trinajstić information content (AvgIpc) is 2.23. The number of aliphatic hydroxyl groups is 1. The first kappa shape index (κ1) is 13.0. The molecular weight excluding hydrogens is 202 g/mol. The largest absolute Gasteiger partial charge is 0.496 e. The van der Waals surface area contributed by atoms with Crippen molar-refractivity contribution in [3.05, 3.63) is 28.8 Å². The molecule has 3 heteroatoms. The van der Waals surface area contributed by atoms with Crippen LogP contribution in [0.4, 0.5) is 0 Å². The molecule has 0 amide bonds. The van der Waals surface area contributed by atoms with Crippen molar-refractivity contribution in [3.63, 3.8) is 0 Å². The Balaban J connectivity index is 3.24. The summed E-state index contributed by atoms with van der Waals surface area (Å²) < 4.78 is 5.36. The Kier molecular flexibility index (Phi) is 4.33. The van der Waals surface area contributed by atoms with Crippen LogP contribution in [0, 0.1) is 13.8 Å². The van der Waals surface area contributed by atoms with Crippen molar-refractivity contribution in [1.29, 1.82) is 0 Å². The van der Waals surface area contributed by atoms with Crippen molar-refractivity contribution in [2.75, 3.05) is 14.2 Å². The maximum atomic E-state index is 9.73. The van der Waals surface area contributed by atoms with Gasteiger partial charge >= 0.3 is 0 Å². The van der Waals surface area contributed by atoms with Gasteiger partial charge in [0.05, 0.1) is 19.3 Å². The summed E-state index contributed by atoms with van der Waals surface area (Å²) in [5.74, 6) is 0.823. The fourth-order valence-electron chi connectivity index (χ4n) is 1.89. The van der Waals surface area contributed by atoms with Crippen molar-refractivity contribution in [2.24, 2.45) is 0 Å². The van der Waals surface area contributed by atoms with Crippen molar-refractivity contribution < 1.29 is 9.84 Å². The molecule has 0 aromatic heterocycles. The SMILES string of the molecule is CNC(c1cc(C)c(C)cc1OC)C(C)O. The monoisotopic (exact) mass is 223 g/mol. The Bertz CT molecular complexity index is 361. The lowest BCUT2D eigenvalue weighted by molar-refractivity contribution is 0.148. The van der Waals surface area contributed by atoms with Gasteiger partial charge in [0, 0.05) is 5.56 Å². The summed E-state index contributed by atoms with van der Waals surface area (Å²) in [5.41, 5.74) is 3.40. The van der Waals surface area contributed by atoms with Crippen LogP contribution in [-0.2, 0) is 0 Å². The van der Waals surface area contributed by atoms with Crippen molar-refractivity contribution in [1.82, 2.24) is 5.32 Å². The fourth-order valence-corrected chi connectivity index (χ4v) is 1.89. The van der Waals surface area contributed by atoms with Crippen LogP contribution >= 0.6 is 0 Å². The Morgan fingerprint density at radius 3 is 2.25 bits per heavy atom. The van der Waals surface area contributed by atoms with Crippen molar-refractivity contribution in [3.8, 4) is 5.75 Å². The van der Waals surface area contributed by atoms with Gasteiger partial charge in [0.1, 0.15) is 5.75 Å². The summed E-state index contributed by atoms with van der Waals surface area (Å²) in [7, 11) is 3.49. The van der Waals surface area contributed by atoms with Crippen LogP contribution in [0.5, 0.6) is 5.75 Å². The number of aliphatic hydroxyl groups excluding tert-OH is 1. The number of nitrogens with one attached hydrogen (secondary N) is 1. The predicted molar refractivity (Wildman–Crippen MR) is 65.9 cm³/mol. The number of likely N-dealkylation sites (N-methyl/N-ethyl adjacent to an activating group) is 1. The number of ether oxygens (including phenoxy) is 1. The molecule has 16 heavy (non-hydrogen) atoms. The van der Waals surface area contributed by atoms with E-state index in [-0.39, 0.29) is 6.04 Å². The number of hydrogen-bond acceptors (Lipinski definition) is 3. The summed E-state index contributed by atoms with van der Waals surface area (Å²) in [6, 6.07) is 3.98. The van der Waals surface area contributed by atoms with Gasteiger partial charge in [0.25, 0.3) is 0 Å². The highest BCUT2D eigenvalue weighted by molar-refractivity contribution is 5.43. The van der Waals surface area contributed by atoms with Gasteiger partial charge in [-0.1, -0.05) is 6.07 Å². The molecular formula is C13H21NO2. The van der Waals surface area contributed by atoms with Gasteiger partial charge in [-0.05, 0) is 45.0 Å². The van der Waals surface area contributed by atoms with E-state index >= 15 is 0 Å². The van der Waals surface area contributed by atoms with E-state index in [1.807, 2.05) is 13.1 Å². The van der Waals surface area contributed by atoms with Gasteiger partial charge in [0.15, 0.2) is 0 Å². The van der Waals surface area contributed by atoms with E-state index in [1.165, 1.54) is 11.1 Å². The molecule has 2 atom stereocenters. The lowest BCUT2D eigenvalue weighted by Gasteiger charge is -2.23.